The quantitative estimate of drug-likeness (QED) is 0.739. The monoisotopic (exact) mass is 302 g/mol. The average Bonchev–Trinajstić information content (AvgIpc) is 2.73. The summed E-state index contributed by atoms with van der Waals surface area (Å²) in [5, 5.41) is 31.0. The van der Waals surface area contributed by atoms with Crippen LogP contribution in [0.25, 0.3) is 11.3 Å². The lowest BCUT2D eigenvalue weighted by Crippen LogP contribution is -2.08. The number of halogens is 3. The molecule has 112 valence electrons. The fourth-order valence-corrected chi connectivity index (χ4v) is 1.85. The molecular weight excluding hydrogens is 293 g/mol. The Labute approximate surface area is 115 Å². The van der Waals surface area contributed by atoms with Crippen LogP contribution in [0.1, 0.15) is 16.1 Å². The number of benzene rings is 1. The Morgan fingerprint density at radius 1 is 1.19 bits per heavy atom. The molecule has 1 aromatic heterocycles. The molecule has 9 heteroatoms. The van der Waals surface area contributed by atoms with E-state index in [1.54, 1.807) is 0 Å². The number of hydrogen-bond acceptors (Lipinski definition) is 4. The third kappa shape index (κ3) is 2.62. The molecule has 1 aromatic carbocycles. The van der Waals surface area contributed by atoms with Gasteiger partial charge in [0.1, 0.15) is 0 Å². The number of aromatic hydroxyl groups is 2. The van der Waals surface area contributed by atoms with E-state index in [-0.39, 0.29) is 5.69 Å². The van der Waals surface area contributed by atoms with Crippen molar-refractivity contribution in [1.29, 1.82) is 0 Å². The van der Waals surface area contributed by atoms with Gasteiger partial charge >= 0.3 is 12.1 Å². The number of alkyl halides is 3. The van der Waals surface area contributed by atoms with E-state index >= 15 is 0 Å². The number of aromatic nitrogens is 2. The van der Waals surface area contributed by atoms with Crippen molar-refractivity contribution in [2.24, 2.45) is 7.05 Å². The molecule has 0 saturated carbocycles. The molecule has 1 heterocycles. The van der Waals surface area contributed by atoms with Gasteiger partial charge in [-0.1, -0.05) is 0 Å². The first-order valence-electron chi connectivity index (χ1n) is 5.52. The molecule has 0 saturated heterocycles. The highest BCUT2D eigenvalue weighted by molar-refractivity contribution is 5.87. The van der Waals surface area contributed by atoms with Gasteiger partial charge in [0, 0.05) is 12.6 Å². The fourth-order valence-electron chi connectivity index (χ4n) is 1.85. The van der Waals surface area contributed by atoms with Crippen molar-refractivity contribution < 1.29 is 33.3 Å². The summed E-state index contributed by atoms with van der Waals surface area (Å²) in [5.74, 6) is -3.07. The van der Waals surface area contributed by atoms with E-state index in [2.05, 4.69) is 5.10 Å². The summed E-state index contributed by atoms with van der Waals surface area (Å²) < 4.78 is 40.0. The second-order valence-electron chi connectivity index (χ2n) is 4.23. The maximum atomic E-state index is 13.0. The lowest BCUT2D eigenvalue weighted by atomic mass is 10.0. The first-order chi connectivity index (χ1) is 9.61. The Kier molecular flexibility index (Phi) is 3.28. The SMILES string of the molecule is Cn1nc(C(=O)O)cc1-c1cc(O)c(O)cc1C(F)(F)F. The van der Waals surface area contributed by atoms with Crippen molar-refractivity contribution >= 4 is 5.97 Å². The Balaban J connectivity index is 2.74. The van der Waals surface area contributed by atoms with Crippen LogP contribution in [0.2, 0.25) is 0 Å². The maximum absolute atomic E-state index is 13.0. The molecule has 0 unspecified atom stereocenters. The summed E-state index contributed by atoms with van der Waals surface area (Å²) >= 11 is 0. The molecule has 0 fully saturated rings. The number of carboxylic acids is 1. The van der Waals surface area contributed by atoms with E-state index in [0.29, 0.717) is 12.1 Å². The molecule has 0 aliphatic rings. The van der Waals surface area contributed by atoms with E-state index < -0.39 is 40.5 Å². The van der Waals surface area contributed by atoms with Crippen molar-refractivity contribution in [2.75, 3.05) is 0 Å². The smallest absolute Gasteiger partial charge is 0.417 e. The van der Waals surface area contributed by atoms with Gasteiger partial charge in [0.05, 0.1) is 11.3 Å². The first kappa shape index (κ1) is 14.7. The van der Waals surface area contributed by atoms with Crippen LogP contribution in [0.5, 0.6) is 11.5 Å². The van der Waals surface area contributed by atoms with E-state index in [0.717, 1.165) is 10.7 Å². The molecule has 2 aromatic rings. The lowest BCUT2D eigenvalue weighted by Gasteiger charge is -2.14. The van der Waals surface area contributed by atoms with Crippen molar-refractivity contribution in [3.63, 3.8) is 0 Å². The molecule has 0 aliphatic carbocycles. The van der Waals surface area contributed by atoms with Crippen LogP contribution in [0.4, 0.5) is 13.2 Å². The number of rotatable bonds is 2. The second-order valence-corrected chi connectivity index (χ2v) is 4.23. The van der Waals surface area contributed by atoms with Gasteiger partial charge in [0.15, 0.2) is 17.2 Å². The predicted octanol–water partition coefficient (Wildman–Crippen LogP) is 2.22. The highest BCUT2D eigenvalue weighted by atomic mass is 19.4. The molecule has 3 N–H and O–H groups in total. The van der Waals surface area contributed by atoms with E-state index in [4.69, 9.17) is 5.11 Å². The number of phenols is 2. The Bertz CT molecular complexity index is 722. The maximum Gasteiger partial charge on any atom is 0.417 e. The number of aryl methyl sites for hydroxylation is 1. The minimum absolute atomic E-state index is 0.157. The molecule has 2 rings (SSSR count). The standard InChI is InChI=1S/C12H9F3N2O4/c1-17-8(4-7(16-17)11(20)21)5-2-9(18)10(19)3-6(5)12(13,14)15/h2-4,18-19H,1H3,(H,20,21). The Morgan fingerprint density at radius 3 is 2.24 bits per heavy atom. The van der Waals surface area contributed by atoms with Gasteiger partial charge in [0.2, 0.25) is 0 Å². The molecule has 0 aliphatic heterocycles. The first-order valence-corrected chi connectivity index (χ1v) is 5.52. The van der Waals surface area contributed by atoms with Crippen LogP contribution in [-0.4, -0.2) is 31.1 Å². The summed E-state index contributed by atoms with van der Waals surface area (Å²) in [5.41, 5.74) is -2.29. The third-order valence-corrected chi connectivity index (χ3v) is 2.79. The zero-order chi connectivity index (χ0) is 15.9. The van der Waals surface area contributed by atoms with Crippen LogP contribution >= 0.6 is 0 Å². The zero-order valence-electron chi connectivity index (χ0n) is 10.5. The summed E-state index contributed by atoms with van der Waals surface area (Å²) in [6, 6.07) is 2.03. The van der Waals surface area contributed by atoms with Crippen LogP contribution < -0.4 is 0 Å². The van der Waals surface area contributed by atoms with Crippen molar-refractivity contribution in [1.82, 2.24) is 9.78 Å². The molecular formula is C12H9F3N2O4. The highest BCUT2D eigenvalue weighted by Crippen LogP contribution is 2.42. The van der Waals surface area contributed by atoms with Crippen molar-refractivity contribution in [3.05, 3.63) is 29.5 Å². The minimum atomic E-state index is -4.80. The van der Waals surface area contributed by atoms with Gasteiger partial charge in [-0.25, -0.2) is 4.79 Å². The van der Waals surface area contributed by atoms with E-state index in [1.165, 1.54) is 7.05 Å². The van der Waals surface area contributed by atoms with Gasteiger partial charge in [0.25, 0.3) is 0 Å². The van der Waals surface area contributed by atoms with Crippen LogP contribution in [-0.2, 0) is 13.2 Å². The Morgan fingerprint density at radius 2 is 1.76 bits per heavy atom. The number of hydrogen-bond donors (Lipinski definition) is 3. The summed E-state index contributed by atoms with van der Waals surface area (Å²) in [4.78, 5) is 10.8. The largest absolute Gasteiger partial charge is 0.504 e. The third-order valence-electron chi connectivity index (χ3n) is 2.79. The number of aromatic carboxylic acids is 1. The highest BCUT2D eigenvalue weighted by Gasteiger charge is 2.36. The number of carboxylic acid groups (broad SMARTS) is 1. The van der Waals surface area contributed by atoms with Gasteiger partial charge in [-0.3, -0.25) is 4.68 Å². The molecule has 0 bridgehead atoms. The van der Waals surface area contributed by atoms with Crippen LogP contribution in [0.3, 0.4) is 0 Å². The molecule has 6 nitrogen and oxygen atoms in total. The van der Waals surface area contributed by atoms with Gasteiger partial charge in [-0.2, -0.15) is 18.3 Å². The van der Waals surface area contributed by atoms with E-state index in [9.17, 15) is 28.2 Å². The number of carbonyl (C=O) groups is 1. The molecule has 0 amide bonds. The Hall–Kier alpha value is -2.71. The fraction of sp³-hybridized carbons (Fsp3) is 0.167. The average molecular weight is 302 g/mol. The normalized spacial score (nSPS) is 11.6. The second kappa shape index (κ2) is 4.69. The van der Waals surface area contributed by atoms with Crippen molar-refractivity contribution in [2.45, 2.75) is 6.18 Å². The summed E-state index contributed by atoms with van der Waals surface area (Å²) in [7, 11) is 1.27. The number of nitrogens with zero attached hydrogens (tertiary/aromatic N) is 2. The molecule has 0 radical (unpaired) electrons. The molecule has 21 heavy (non-hydrogen) atoms. The number of phenolic OH excluding ortho intramolecular Hbond substituents is 2. The topological polar surface area (TPSA) is 95.6 Å². The molecule has 0 spiro atoms. The van der Waals surface area contributed by atoms with E-state index in [1.807, 2.05) is 0 Å². The predicted molar refractivity (Wildman–Crippen MR) is 63.9 cm³/mol. The van der Waals surface area contributed by atoms with Gasteiger partial charge in [-0.15, -0.1) is 0 Å². The van der Waals surface area contributed by atoms with Gasteiger partial charge < -0.3 is 15.3 Å². The summed E-state index contributed by atoms with van der Waals surface area (Å²) in [6.07, 6.45) is -4.80. The lowest BCUT2D eigenvalue weighted by molar-refractivity contribution is -0.137. The van der Waals surface area contributed by atoms with Gasteiger partial charge in [-0.05, 0) is 18.2 Å². The van der Waals surface area contributed by atoms with Crippen LogP contribution in [0.15, 0.2) is 18.2 Å². The molecule has 0 atom stereocenters. The zero-order valence-corrected chi connectivity index (χ0v) is 10.5. The van der Waals surface area contributed by atoms with Crippen LogP contribution in [0, 0.1) is 0 Å². The summed E-state index contributed by atoms with van der Waals surface area (Å²) in [6.45, 7) is 0. The van der Waals surface area contributed by atoms with Crippen molar-refractivity contribution in [3.8, 4) is 22.8 Å². The minimum Gasteiger partial charge on any atom is -0.504 e.